The second kappa shape index (κ2) is 4.57. The third kappa shape index (κ3) is 1.84. The van der Waals surface area contributed by atoms with E-state index in [-0.39, 0.29) is 0 Å². The minimum atomic E-state index is 0.863. The van der Waals surface area contributed by atoms with Crippen LogP contribution >= 0.6 is 0 Å². The summed E-state index contributed by atoms with van der Waals surface area (Å²) in [5.74, 6) is 1.12. The van der Waals surface area contributed by atoms with Gasteiger partial charge in [0.2, 0.25) is 0 Å². The van der Waals surface area contributed by atoms with Crippen molar-refractivity contribution in [1.82, 2.24) is 24.6 Å². The molecule has 5 heteroatoms. The molecule has 0 atom stereocenters. The van der Waals surface area contributed by atoms with Gasteiger partial charge < -0.3 is 9.88 Å². The van der Waals surface area contributed by atoms with Gasteiger partial charge in [-0.1, -0.05) is 6.92 Å². The summed E-state index contributed by atoms with van der Waals surface area (Å²) in [6.45, 7) is 8.08. The summed E-state index contributed by atoms with van der Waals surface area (Å²) >= 11 is 0. The third-order valence-electron chi connectivity index (χ3n) is 3.41. The Morgan fingerprint density at radius 2 is 2.33 bits per heavy atom. The molecule has 5 nitrogen and oxygen atoms in total. The number of imidazole rings is 1. The first kappa shape index (κ1) is 11.5. The molecule has 0 unspecified atom stereocenters. The minimum Gasteiger partial charge on any atom is -0.326 e. The number of hydrogen-bond acceptors (Lipinski definition) is 3. The first-order chi connectivity index (χ1) is 8.79. The van der Waals surface area contributed by atoms with Gasteiger partial charge in [-0.05, 0) is 13.3 Å². The molecular formula is C13H19N5. The number of nitrogens with zero attached hydrogens (tertiary/aromatic N) is 4. The van der Waals surface area contributed by atoms with Crippen molar-refractivity contribution >= 4 is 0 Å². The fourth-order valence-corrected chi connectivity index (χ4v) is 2.52. The first-order valence-corrected chi connectivity index (χ1v) is 6.59. The summed E-state index contributed by atoms with van der Waals surface area (Å²) in [5.41, 5.74) is 3.50. The van der Waals surface area contributed by atoms with Gasteiger partial charge in [-0.3, -0.25) is 4.68 Å². The highest BCUT2D eigenvalue weighted by Gasteiger charge is 2.17. The zero-order valence-corrected chi connectivity index (χ0v) is 11.0. The largest absolute Gasteiger partial charge is 0.326 e. The van der Waals surface area contributed by atoms with E-state index >= 15 is 0 Å². The van der Waals surface area contributed by atoms with Crippen LogP contribution in [0.15, 0.2) is 12.4 Å². The van der Waals surface area contributed by atoms with Crippen LogP contribution in [0.25, 0.3) is 11.3 Å². The van der Waals surface area contributed by atoms with E-state index in [1.54, 1.807) is 0 Å². The maximum atomic E-state index is 4.57. The Hall–Kier alpha value is -1.62. The highest BCUT2D eigenvalue weighted by molar-refractivity contribution is 5.61. The molecule has 0 amide bonds. The smallest absolute Gasteiger partial charge is 0.123 e. The van der Waals surface area contributed by atoms with Crippen LogP contribution in [0.1, 0.15) is 24.9 Å². The Morgan fingerprint density at radius 1 is 1.44 bits per heavy atom. The summed E-state index contributed by atoms with van der Waals surface area (Å²) < 4.78 is 4.34. The maximum absolute atomic E-state index is 4.57. The Kier molecular flexibility index (Phi) is 2.91. The van der Waals surface area contributed by atoms with Crippen LogP contribution in [-0.2, 0) is 19.6 Å². The van der Waals surface area contributed by atoms with Crippen molar-refractivity contribution in [2.45, 2.75) is 39.9 Å². The van der Waals surface area contributed by atoms with Gasteiger partial charge in [0, 0.05) is 31.4 Å². The summed E-state index contributed by atoms with van der Waals surface area (Å²) in [5, 5.41) is 7.91. The van der Waals surface area contributed by atoms with Crippen LogP contribution in [-0.4, -0.2) is 25.9 Å². The predicted octanol–water partition coefficient (Wildman–Crippen LogP) is 1.57. The van der Waals surface area contributed by atoms with Gasteiger partial charge >= 0.3 is 0 Å². The van der Waals surface area contributed by atoms with Crippen molar-refractivity contribution < 1.29 is 0 Å². The second-order valence-corrected chi connectivity index (χ2v) is 4.78. The molecule has 3 heterocycles. The number of rotatable bonds is 3. The van der Waals surface area contributed by atoms with Crippen LogP contribution in [0, 0.1) is 6.92 Å². The quantitative estimate of drug-likeness (QED) is 0.893. The van der Waals surface area contributed by atoms with Crippen LogP contribution in [0.2, 0.25) is 0 Å². The minimum absolute atomic E-state index is 0.863. The molecule has 18 heavy (non-hydrogen) atoms. The number of hydrogen-bond donors (Lipinski definition) is 1. The number of nitrogens with one attached hydrogen (secondary N) is 1. The van der Waals surface area contributed by atoms with Gasteiger partial charge in [-0.2, -0.15) is 5.10 Å². The van der Waals surface area contributed by atoms with Crippen molar-refractivity contribution in [3.63, 3.8) is 0 Å². The van der Waals surface area contributed by atoms with Crippen LogP contribution in [0.5, 0.6) is 0 Å². The molecule has 1 aliphatic rings. The Bertz CT molecular complexity index is 552. The van der Waals surface area contributed by atoms with E-state index in [1.165, 1.54) is 11.3 Å². The van der Waals surface area contributed by atoms with Crippen LogP contribution in [0.3, 0.4) is 0 Å². The highest BCUT2D eigenvalue weighted by Crippen LogP contribution is 2.24. The molecule has 0 spiro atoms. The van der Waals surface area contributed by atoms with E-state index in [1.807, 2.05) is 10.9 Å². The third-order valence-corrected chi connectivity index (χ3v) is 3.41. The topological polar surface area (TPSA) is 47.7 Å². The van der Waals surface area contributed by atoms with Crippen molar-refractivity contribution in [1.29, 1.82) is 0 Å². The molecule has 0 bridgehead atoms. The lowest BCUT2D eigenvalue weighted by Crippen LogP contribution is -2.28. The monoisotopic (exact) mass is 245 g/mol. The molecule has 0 aromatic carbocycles. The van der Waals surface area contributed by atoms with Crippen molar-refractivity contribution in [2.24, 2.45) is 0 Å². The van der Waals surface area contributed by atoms with Gasteiger partial charge in [-0.15, -0.1) is 0 Å². The Balaban J connectivity index is 2.01. The van der Waals surface area contributed by atoms with E-state index in [9.17, 15) is 0 Å². The predicted molar refractivity (Wildman–Crippen MR) is 70.2 cm³/mol. The molecule has 2 aromatic heterocycles. The SMILES string of the molecule is CCCn1cc(-c2cnc3n2CCNC3)c(C)n1. The molecule has 0 fully saturated rings. The zero-order valence-electron chi connectivity index (χ0n) is 11.0. The summed E-state index contributed by atoms with van der Waals surface area (Å²) in [6, 6.07) is 0. The van der Waals surface area contributed by atoms with Crippen molar-refractivity contribution in [2.75, 3.05) is 6.54 Å². The van der Waals surface area contributed by atoms with E-state index in [0.717, 1.165) is 44.1 Å². The number of fused-ring (bicyclic) bond motifs is 1. The molecule has 3 rings (SSSR count). The van der Waals surface area contributed by atoms with Crippen LogP contribution < -0.4 is 5.32 Å². The molecule has 0 aliphatic carbocycles. The molecule has 0 radical (unpaired) electrons. The Morgan fingerprint density at radius 3 is 3.17 bits per heavy atom. The van der Waals surface area contributed by atoms with E-state index in [4.69, 9.17) is 0 Å². The molecule has 1 aliphatic heterocycles. The van der Waals surface area contributed by atoms with Crippen molar-refractivity contribution in [3.8, 4) is 11.3 Å². The zero-order chi connectivity index (χ0) is 12.5. The van der Waals surface area contributed by atoms with Gasteiger partial charge in [0.15, 0.2) is 0 Å². The van der Waals surface area contributed by atoms with E-state index in [0.29, 0.717) is 0 Å². The van der Waals surface area contributed by atoms with Gasteiger partial charge in [-0.25, -0.2) is 4.98 Å². The maximum Gasteiger partial charge on any atom is 0.123 e. The lowest BCUT2D eigenvalue weighted by atomic mass is 10.2. The number of aryl methyl sites for hydroxylation is 2. The lowest BCUT2D eigenvalue weighted by Gasteiger charge is -2.17. The van der Waals surface area contributed by atoms with Crippen molar-refractivity contribution in [3.05, 3.63) is 23.9 Å². The highest BCUT2D eigenvalue weighted by atomic mass is 15.3. The molecule has 0 saturated heterocycles. The average Bonchev–Trinajstić information content (AvgIpc) is 2.93. The summed E-state index contributed by atoms with van der Waals surface area (Å²) in [7, 11) is 0. The molecule has 96 valence electrons. The molecular weight excluding hydrogens is 226 g/mol. The molecule has 1 N–H and O–H groups in total. The van der Waals surface area contributed by atoms with Gasteiger partial charge in [0.1, 0.15) is 5.82 Å². The van der Waals surface area contributed by atoms with E-state index < -0.39 is 0 Å². The lowest BCUT2D eigenvalue weighted by molar-refractivity contribution is 0.508. The summed E-state index contributed by atoms with van der Waals surface area (Å²) in [4.78, 5) is 4.49. The van der Waals surface area contributed by atoms with Gasteiger partial charge in [0.05, 0.1) is 24.1 Å². The van der Waals surface area contributed by atoms with Gasteiger partial charge in [0.25, 0.3) is 0 Å². The first-order valence-electron chi connectivity index (χ1n) is 6.59. The van der Waals surface area contributed by atoms with Crippen LogP contribution in [0.4, 0.5) is 0 Å². The Labute approximate surface area is 107 Å². The molecule has 2 aromatic rings. The molecule has 0 saturated carbocycles. The average molecular weight is 245 g/mol. The van der Waals surface area contributed by atoms with E-state index in [2.05, 4.69) is 40.0 Å². The fraction of sp³-hybridized carbons (Fsp3) is 0.538. The summed E-state index contributed by atoms with van der Waals surface area (Å²) in [6.07, 6.45) is 5.22. The standard InChI is InChI=1S/C13H19N5/c1-3-5-17-9-11(10(2)16-17)12-7-15-13-8-14-4-6-18(12)13/h7,9,14H,3-6,8H2,1-2H3. The fourth-order valence-electron chi connectivity index (χ4n) is 2.52. The second-order valence-electron chi connectivity index (χ2n) is 4.78. The number of aromatic nitrogens is 4. The normalized spacial score (nSPS) is 14.8.